The van der Waals surface area contributed by atoms with E-state index in [2.05, 4.69) is 15.4 Å². The molecule has 2 aliphatic rings. The van der Waals surface area contributed by atoms with Crippen LogP contribution in [0.1, 0.15) is 76.0 Å². The molecule has 2 aromatic heterocycles. The summed E-state index contributed by atoms with van der Waals surface area (Å²) in [6.45, 7) is 1.28. The van der Waals surface area contributed by atoms with Crippen molar-refractivity contribution in [2.75, 3.05) is 13.1 Å². The van der Waals surface area contributed by atoms with E-state index in [-0.39, 0.29) is 28.9 Å². The Balaban J connectivity index is 1.34. The number of carbonyl (C=O) groups is 2. The number of likely N-dealkylation sites (tertiary alicyclic amines) is 1. The number of carboxylic acids is 1. The molecule has 2 atom stereocenters. The van der Waals surface area contributed by atoms with Crippen molar-refractivity contribution in [1.82, 2.24) is 29.7 Å². The molecule has 1 N–H and O–H groups in total. The Morgan fingerprint density at radius 3 is 2.49 bits per heavy atom. The van der Waals surface area contributed by atoms with Gasteiger partial charge in [0.1, 0.15) is 11.4 Å². The van der Waals surface area contributed by atoms with E-state index < -0.39 is 11.8 Å². The highest BCUT2D eigenvalue weighted by atomic mass is 19.1. The van der Waals surface area contributed by atoms with Gasteiger partial charge in [0.2, 0.25) is 0 Å². The smallest absolute Gasteiger partial charge is 0.339 e. The van der Waals surface area contributed by atoms with Crippen LogP contribution in [0.25, 0.3) is 16.8 Å². The van der Waals surface area contributed by atoms with Crippen molar-refractivity contribution in [3.8, 4) is 16.8 Å². The van der Waals surface area contributed by atoms with Crippen LogP contribution in [-0.4, -0.2) is 59.7 Å². The standard InChI is InChI=1S/C29H29FN6O3/c1-34-17-25(32-33-34)22-15-23(22)27-24(29(38)39)16-31-36(27)19-9-6-8-18(14-19)20-10-7-11-21(26(20)30)28(37)35-12-4-2-3-5-13-35/h6-11,14,16-17,22-23H,2-5,12-13,15H2,1H3,(H,38,39)/t22-,23-/m1/s1. The van der Waals surface area contributed by atoms with Crippen molar-refractivity contribution in [3.05, 3.63) is 83.2 Å². The van der Waals surface area contributed by atoms with Gasteiger partial charge < -0.3 is 10.0 Å². The number of carboxylic acid groups (broad SMARTS) is 1. The van der Waals surface area contributed by atoms with Crippen LogP contribution in [0.4, 0.5) is 4.39 Å². The zero-order valence-corrected chi connectivity index (χ0v) is 21.6. The van der Waals surface area contributed by atoms with Crippen molar-refractivity contribution in [2.45, 2.75) is 43.9 Å². The molecule has 9 nitrogen and oxygen atoms in total. The monoisotopic (exact) mass is 528 g/mol. The van der Waals surface area contributed by atoms with Crippen LogP contribution in [0.15, 0.2) is 54.9 Å². The molecule has 6 rings (SSSR count). The van der Waals surface area contributed by atoms with Gasteiger partial charge >= 0.3 is 5.97 Å². The summed E-state index contributed by atoms with van der Waals surface area (Å²) in [5.74, 6) is -1.92. The van der Waals surface area contributed by atoms with Gasteiger partial charge in [-0.15, -0.1) is 5.10 Å². The van der Waals surface area contributed by atoms with Crippen molar-refractivity contribution >= 4 is 11.9 Å². The lowest BCUT2D eigenvalue weighted by molar-refractivity contribution is 0.0694. The number of aryl methyl sites for hydroxylation is 1. The Kier molecular flexibility index (Phi) is 6.46. The summed E-state index contributed by atoms with van der Waals surface area (Å²) < 4.78 is 19.1. The van der Waals surface area contributed by atoms with E-state index in [0.29, 0.717) is 35.6 Å². The van der Waals surface area contributed by atoms with Gasteiger partial charge in [-0.3, -0.25) is 9.48 Å². The van der Waals surface area contributed by atoms with E-state index in [0.717, 1.165) is 37.8 Å². The van der Waals surface area contributed by atoms with Crippen molar-refractivity contribution in [3.63, 3.8) is 0 Å². The number of nitrogens with zero attached hydrogens (tertiary/aromatic N) is 6. The molecule has 200 valence electrons. The number of benzene rings is 2. The molecular weight excluding hydrogens is 499 g/mol. The van der Waals surface area contributed by atoms with Crippen LogP contribution >= 0.6 is 0 Å². The summed E-state index contributed by atoms with van der Waals surface area (Å²) in [7, 11) is 1.79. The second-order valence-electron chi connectivity index (χ2n) is 10.4. The number of halogens is 1. The minimum absolute atomic E-state index is 0.0505. The van der Waals surface area contributed by atoms with Gasteiger partial charge in [-0.05, 0) is 43.0 Å². The average Bonchev–Trinajstić information content (AvgIpc) is 3.52. The van der Waals surface area contributed by atoms with E-state index in [4.69, 9.17) is 0 Å². The van der Waals surface area contributed by atoms with Gasteiger partial charge in [0.15, 0.2) is 0 Å². The number of rotatable bonds is 6. The first kappa shape index (κ1) is 25.0. The molecule has 39 heavy (non-hydrogen) atoms. The maximum atomic E-state index is 15.8. The molecule has 2 fully saturated rings. The lowest BCUT2D eigenvalue weighted by Crippen LogP contribution is -2.32. The van der Waals surface area contributed by atoms with Gasteiger partial charge in [-0.25, -0.2) is 13.9 Å². The summed E-state index contributed by atoms with van der Waals surface area (Å²) >= 11 is 0. The first-order valence-corrected chi connectivity index (χ1v) is 13.3. The zero-order chi connectivity index (χ0) is 27.1. The molecule has 0 radical (unpaired) electrons. The third kappa shape index (κ3) is 4.71. The van der Waals surface area contributed by atoms with Crippen LogP contribution in [0.3, 0.4) is 0 Å². The summed E-state index contributed by atoms with van der Waals surface area (Å²) in [5.41, 5.74) is 3.10. The number of aromatic nitrogens is 5. The van der Waals surface area contributed by atoms with Crippen molar-refractivity contribution < 1.29 is 19.1 Å². The highest BCUT2D eigenvalue weighted by molar-refractivity contribution is 5.96. The van der Waals surface area contributed by atoms with Crippen LogP contribution < -0.4 is 0 Å². The number of carbonyl (C=O) groups excluding carboxylic acids is 1. The fourth-order valence-electron chi connectivity index (χ4n) is 5.61. The molecule has 10 heteroatoms. The molecule has 1 aliphatic heterocycles. The molecule has 1 aliphatic carbocycles. The highest BCUT2D eigenvalue weighted by Crippen LogP contribution is 2.55. The summed E-state index contributed by atoms with van der Waals surface area (Å²) in [6.07, 6.45) is 7.96. The summed E-state index contributed by atoms with van der Waals surface area (Å²) in [4.78, 5) is 27.0. The summed E-state index contributed by atoms with van der Waals surface area (Å²) in [5, 5.41) is 22.5. The number of hydrogen-bond donors (Lipinski definition) is 1. The Hall–Kier alpha value is -4.34. The second kappa shape index (κ2) is 10.1. The molecule has 1 amide bonds. The minimum Gasteiger partial charge on any atom is -0.478 e. The molecule has 0 spiro atoms. The van der Waals surface area contributed by atoms with E-state index >= 15 is 4.39 Å². The van der Waals surface area contributed by atoms with E-state index in [1.54, 1.807) is 57.7 Å². The first-order valence-electron chi connectivity index (χ1n) is 13.3. The maximum Gasteiger partial charge on any atom is 0.339 e. The Morgan fingerprint density at radius 1 is 1.00 bits per heavy atom. The van der Waals surface area contributed by atoms with Crippen LogP contribution in [-0.2, 0) is 7.05 Å². The molecular formula is C29H29FN6O3. The molecule has 1 saturated heterocycles. The Bertz CT molecular complexity index is 1550. The number of hydrogen-bond acceptors (Lipinski definition) is 5. The first-order chi connectivity index (χ1) is 18.9. The van der Waals surface area contributed by atoms with E-state index in [9.17, 15) is 14.7 Å². The lowest BCUT2D eigenvalue weighted by Gasteiger charge is -2.21. The predicted molar refractivity (Wildman–Crippen MR) is 141 cm³/mol. The van der Waals surface area contributed by atoms with E-state index in [1.807, 2.05) is 12.3 Å². The van der Waals surface area contributed by atoms with Gasteiger partial charge in [0.05, 0.1) is 28.8 Å². The molecule has 1 saturated carbocycles. The SMILES string of the molecule is Cn1cc([C@@H]2C[C@H]2c2c(C(=O)O)cnn2-c2cccc(-c3cccc(C(=O)N4CCCCCC4)c3F)c2)nn1. The Labute approximate surface area is 224 Å². The van der Waals surface area contributed by atoms with Crippen molar-refractivity contribution in [1.29, 1.82) is 0 Å². The summed E-state index contributed by atoms with van der Waals surface area (Å²) in [6, 6.07) is 12.1. The topological polar surface area (TPSA) is 106 Å². The number of aromatic carboxylic acids is 1. The molecule has 3 heterocycles. The number of amides is 1. The van der Waals surface area contributed by atoms with Crippen LogP contribution in [0.5, 0.6) is 0 Å². The predicted octanol–water partition coefficient (Wildman–Crippen LogP) is 4.79. The third-order valence-electron chi connectivity index (χ3n) is 7.70. The normalized spacial score (nSPS) is 19.1. The van der Waals surface area contributed by atoms with Crippen LogP contribution in [0.2, 0.25) is 0 Å². The molecule has 0 bridgehead atoms. The van der Waals surface area contributed by atoms with Crippen molar-refractivity contribution in [2.24, 2.45) is 7.05 Å². The molecule has 4 aromatic rings. The maximum absolute atomic E-state index is 15.8. The highest BCUT2D eigenvalue weighted by Gasteiger charge is 2.46. The fourth-order valence-corrected chi connectivity index (χ4v) is 5.61. The van der Waals surface area contributed by atoms with Gasteiger partial charge in [0, 0.05) is 43.7 Å². The van der Waals surface area contributed by atoms with Gasteiger partial charge in [0.25, 0.3) is 5.91 Å². The largest absolute Gasteiger partial charge is 0.478 e. The van der Waals surface area contributed by atoms with Gasteiger partial charge in [-0.2, -0.15) is 5.10 Å². The quantitative estimate of drug-likeness (QED) is 0.386. The Morgan fingerprint density at radius 2 is 1.77 bits per heavy atom. The molecule has 0 unspecified atom stereocenters. The zero-order valence-electron chi connectivity index (χ0n) is 21.6. The second-order valence-corrected chi connectivity index (χ2v) is 10.4. The third-order valence-corrected chi connectivity index (χ3v) is 7.70. The molecule has 2 aromatic carbocycles. The fraction of sp³-hybridized carbons (Fsp3) is 0.345. The van der Waals surface area contributed by atoms with Crippen LogP contribution in [0, 0.1) is 5.82 Å². The lowest BCUT2D eigenvalue weighted by atomic mass is 10.0. The van der Waals surface area contributed by atoms with Gasteiger partial charge in [-0.1, -0.05) is 42.3 Å². The average molecular weight is 529 g/mol. The minimum atomic E-state index is -1.05. The van der Waals surface area contributed by atoms with E-state index in [1.165, 1.54) is 6.20 Å².